The van der Waals surface area contributed by atoms with Crippen LogP contribution < -0.4 is 0 Å². The van der Waals surface area contributed by atoms with Gasteiger partial charge in [0, 0.05) is 30.8 Å². The van der Waals surface area contributed by atoms with Crippen LogP contribution in [0.25, 0.3) is 0 Å². The average Bonchev–Trinajstić information content (AvgIpc) is 3.07. The molecule has 24 heavy (non-hydrogen) atoms. The number of hydrogen-bond donors (Lipinski definition) is 2. The molecule has 2 aliphatic rings. The lowest BCUT2D eigenvalue weighted by atomic mass is 10.2. The van der Waals surface area contributed by atoms with Gasteiger partial charge in [0.05, 0.1) is 5.75 Å². The highest BCUT2D eigenvalue weighted by Crippen LogP contribution is 2.38. The molecule has 2 fully saturated rings. The lowest BCUT2D eigenvalue weighted by Crippen LogP contribution is -2.27. The zero-order chi connectivity index (χ0) is 16.5. The van der Waals surface area contributed by atoms with Crippen LogP contribution in [0.4, 0.5) is 0 Å². The molecule has 1 aliphatic carbocycles. The van der Waals surface area contributed by atoms with Gasteiger partial charge in [0.15, 0.2) is 5.78 Å². The van der Waals surface area contributed by atoms with Gasteiger partial charge in [-0.25, -0.2) is 4.98 Å². The van der Waals surface area contributed by atoms with Crippen molar-refractivity contribution >= 4 is 23.5 Å². The second-order valence-corrected chi connectivity index (χ2v) is 7.23. The Kier molecular flexibility index (Phi) is 4.13. The SMILES string of the molecule is O=C(CSc1n[nH]c(C2CC2)n1)c1c[nH]c(C(=O)N2CCCC2)c1. The zero-order valence-corrected chi connectivity index (χ0v) is 14.1. The van der Waals surface area contributed by atoms with Crippen LogP contribution in [0.5, 0.6) is 0 Å². The molecule has 2 N–H and O–H groups in total. The quantitative estimate of drug-likeness (QED) is 0.618. The molecule has 0 unspecified atom stereocenters. The van der Waals surface area contributed by atoms with E-state index in [1.807, 2.05) is 4.90 Å². The third-order valence-corrected chi connectivity index (χ3v) is 5.25. The van der Waals surface area contributed by atoms with E-state index in [1.54, 1.807) is 12.3 Å². The smallest absolute Gasteiger partial charge is 0.270 e. The van der Waals surface area contributed by atoms with Crippen molar-refractivity contribution in [2.24, 2.45) is 0 Å². The standard InChI is InChI=1S/C16H19N5O2S/c22-13(9-24-16-18-14(19-20-16)10-3-4-10)11-7-12(17-8-11)15(23)21-5-1-2-6-21/h7-8,10,17H,1-6,9H2,(H,18,19,20). The number of amides is 1. The normalized spacial score (nSPS) is 17.4. The van der Waals surface area contributed by atoms with Crippen molar-refractivity contribution in [3.05, 3.63) is 29.3 Å². The van der Waals surface area contributed by atoms with E-state index < -0.39 is 0 Å². The number of thioether (sulfide) groups is 1. The van der Waals surface area contributed by atoms with E-state index >= 15 is 0 Å². The van der Waals surface area contributed by atoms with Gasteiger partial charge in [-0.3, -0.25) is 14.7 Å². The number of aromatic amines is 2. The molecular weight excluding hydrogens is 326 g/mol. The summed E-state index contributed by atoms with van der Waals surface area (Å²) in [7, 11) is 0. The van der Waals surface area contributed by atoms with Crippen LogP contribution in [0.3, 0.4) is 0 Å². The molecule has 7 nitrogen and oxygen atoms in total. The molecule has 0 aromatic carbocycles. The van der Waals surface area contributed by atoms with Crippen LogP contribution in [0, 0.1) is 0 Å². The number of Topliss-reactive ketones (excluding diaryl/α,β-unsaturated/α-hetero) is 1. The minimum Gasteiger partial charge on any atom is -0.356 e. The summed E-state index contributed by atoms with van der Waals surface area (Å²) < 4.78 is 0. The van der Waals surface area contributed by atoms with E-state index in [0.717, 1.165) is 44.6 Å². The van der Waals surface area contributed by atoms with Crippen molar-refractivity contribution < 1.29 is 9.59 Å². The monoisotopic (exact) mass is 345 g/mol. The number of carbonyl (C=O) groups is 2. The van der Waals surface area contributed by atoms with Gasteiger partial charge in [0.1, 0.15) is 11.5 Å². The number of H-pyrrole nitrogens is 2. The molecule has 0 spiro atoms. The maximum Gasteiger partial charge on any atom is 0.270 e. The van der Waals surface area contributed by atoms with Crippen LogP contribution in [0.1, 0.15) is 58.3 Å². The van der Waals surface area contributed by atoms with Gasteiger partial charge in [0.25, 0.3) is 5.91 Å². The Hall–Kier alpha value is -2.09. The van der Waals surface area contributed by atoms with Crippen molar-refractivity contribution in [3.8, 4) is 0 Å². The summed E-state index contributed by atoms with van der Waals surface area (Å²) in [6, 6.07) is 1.65. The molecule has 2 aromatic rings. The highest BCUT2D eigenvalue weighted by atomic mass is 32.2. The van der Waals surface area contributed by atoms with E-state index in [-0.39, 0.29) is 17.4 Å². The Bertz CT molecular complexity index is 758. The Balaban J connectivity index is 1.34. The van der Waals surface area contributed by atoms with E-state index in [1.165, 1.54) is 11.8 Å². The van der Waals surface area contributed by atoms with Crippen molar-refractivity contribution in [2.45, 2.75) is 36.8 Å². The number of aromatic nitrogens is 4. The average molecular weight is 345 g/mol. The Morgan fingerprint density at radius 2 is 2.08 bits per heavy atom. The highest BCUT2D eigenvalue weighted by Gasteiger charge is 2.27. The molecular formula is C16H19N5O2S. The van der Waals surface area contributed by atoms with Crippen molar-refractivity contribution in [1.29, 1.82) is 0 Å². The minimum absolute atomic E-state index is 0.0257. The van der Waals surface area contributed by atoms with E-state index in [2.05, 4.69) is 20.2 Å². The molecule has 1 aliphatic heterocycles. The van der Waals surface area contributed by atoms with Gasteiger partial charge >= 0.3 is 0 Å². The van der Waals surface area contributed by atoms with E-state index in [4.69, 9.17) is 0 Å². The Morgan fingerprint density at radius 3 is 2.83 bits per heavy atom. The van der Waals surface area contributed by atoms with Crippen LogP contribution >= 0.6 is 11.8 Å². The molecule has 0 atom stereocenters. The number of rotatable bonds is 6. The van der Waals surface area contributed by atoms with Crippen LogP contribution in [0.15, 0.2) is 17.4 Å². The molecule has 3 heterocycles. The summed E-state index contributed by atoms with van der Waals surface area (Å²) in [5.41, 5.74) is 1.02. The number of ketones is 1. The molecule has 0 radical (unpaired) electrons. The summed E-state index contributed by atoms with van der Waals surface area (Å²) in [6.07, 6.45) is 6.04. The van der Waals surface area contributed by atoms with E-state index in [0.29, 0.717) is 22.3 Å². The highest BCUT2D eigenvalue weighted by molar-refractivity contribution is 7.99. The maximum atomic E-state index is 12.3. The first-order valence-corrected chi connectivity index (χ1v) is 9.25. The second kappa shape index (κ2) is 6.43. The molecule has 1 saturated heterocycles. The van der Waals surface area contributed by atoms with Gasteiger partial charge in [-0.15, -0.1) is 5.10 Å². The first-order chi connectivity index (χ1) is 11.7. The van der Waals surface area contributed by atoms with E-state index in [9.17, 15) is 9.59 Å². The summed E-state index contributed by atoms with van der Waals surface area (Å²) in [6.45, 7) is 1.59. The number of nitrogens with zero attached hydrogens (tertiary/aromatic N) is 3. The van der Waals surface area contributed by atoms with Gasteiger partial charge in [0.2, 0.25) is 5.16 Å². The molecule has 4 rings (SSSR count). The van der Waals surface area contributed by atoms with Crippen molar-refractivity contribution in [3.63, 3.8) is 0 Å². The van der Waals surface area contributed by atoms with Crippen LogP contribution in [-0.2, 0) is 0 Å². The van der Waals surface area contributed by atoms with Gasteiger partial charge < -0.3 is 9.88 Å². The zero-order valence-electron chi connectivity index (χ0n) is 13.2. The lowest BCUT2D eigenvalue weighted by Gasteiger charge is -2.13. The first-order valence-electron chi connectivity index (χ1n) is 8.26. The Labute approximate surface area is 143 Å². The molecule has 126 valence electrons. The first kappa shape index (κ1) is 15.4. The molecule has 0 bridgehead atoms. The number of nitrogens with one attached hydrogen (secondary N) is 2. The fourth-order valence-corrected chi connectivity index (χ4v) is 3.54. The predicted octanol–water partition coefficient (Wildman–Crippen LogP) is 2.22. The number of carbonyl (C=O) groups excluding carboxylic acids is 2. The summed E-state index contributed by atoms with van der Waals surface area (Å²) in [5, 5.41) is 7.67. The third-order valence-electron chi connectivity index (χ3n) is 4.41. The van der Waals surface area contributed by atoms with Crippen molar-refractivity contribution in [2.75, 3.05) is 18.8 Å². The third kappa shape index (κ3) is 3.24. The fourth-order valence-electron chi connectivity index (χ4n) is 2.84. The molecule has 1 saturated carbocycles. The van der Waals surface area contributed by atoms with Gasteiger partial charge in [-0.2, -0.15) is 0 Å². The fraction of sp³-hybridized carbons (Fsp3) is 0.500. The topological polar surface area (TPSA) is 94.7 Å². The molecule has 8 heteroatoms. The number of hydrogen-bond acceptors (Lipinski definition) is 5. The molecule has 2 aromatic heterocycles. The minimum atomic E-state index is -0.0329. The van der Waals surface area contributed by atoms with Crippen molar-refractivity contribution in [1.82, 2.24) is 25.1 Å². The second-order valence-electron chi connectivity index (χ2n) is 6.29. The van der Waals surface area contributed by atoms with Crippen LogP contribution in [0.2, 0.25) is 0 Å². The predicted molar refractivity (Wildman–Crippen MR) is 89.3 cm³/mol. The largest absolute Gasteiger partial charge is 0.356 e. The Morgan fingerprint density at radius 1 is 1.29 bits per heavy atom. The summed E-state index contributed by atoms with van der Waals surface area (Å²) in [5.74, 6) is 1.64. The number of likely N-dealkylation sites (tertiary alicyclic amines) is 1. The molecule has 1 amide bonds. The van der Waals surface area contributed by atoms with Gasteiger partial charge in [-0.1, -0.05) is 11.8 Å². The summed E-state index contributed by atoms with van der Waals surface area (Å²) in [4.78, 5) is 33.7. The van der Waals surface area contributed by atoms with Gasteiger partial charge in [-0.05, 0) is 31.7 Å². The summed E-state index contributed by atoms with van der Waals surface area (Å²) >= 11 is 1.32. The lowest BCUT2D eigenvalue weighted by molar-refractivity contribution is 0.0787. The van der Waals surface area contributed by atoms with Crippen LogP contribution in [-0.4, -0.2) is 55.6 Å². The maximum absolute atomic E-state index is 12.3.